The maximum Gasteiger partial charge on any atom is 0.413 e. The molecule has 38 heavy (non-hydrogen) atoms. The normalized spacial score (nSPS) is 18.5. The van der Waals surface area contributed by atoms with Crippen LogP contribution in [0.2, 0.25) is 0 Å². The minimum atomic E-state index is -0.556. The van der Waals surface area contributed by atoms with E-state index in [9.17, 15) is 4.79 Å². The van der Waals surface area contributed by atoms with Crippen LogP contribution >= 0.6 is 0 Å². The number of H-pyrrole nitrogens is 1. The number of benzene rings is 1. The van der Waals surface area contributed by atoms with Crippen molar-refractivity contribution in [2.75, 3.05) is 25.0 Å². The van der Waals surface area contributed by atoms with Crippen molar-refractivity contribution in [2.24, 2.45) is 0 Å². The number of nitrogens with zero attached hydrogens (tertiary/aromatic N) is 4. The zero-order valence-corrected chi connectivity index (χ0v) is 21.6. The van der Waals surface area contributed by atoms with E-state index in [1.54, 1.807) is 13.1 Å². The lowest BCUT2D eigenvalue weighted by Gasteiger charge is -2.38. The van der Waals surface area contributed by atoms with E-state index in [0.717, 1.165) is 46.7 Å². The lowest BCUT2D eigenvalue weighted by Crippen LogP contribution is -2.46. The van der Waals surface area contributed by atoms with E-state index in [1.807, 2.05) is 30.5 Å². The molecule has 0 bridgehead atoms. The minimum Gasteiger partial charge on any atom is -0.450 e. The number of ether oxygens (including phenoxy) is 2. The summed E-state index contributed by atoms with van der Waals surface area (Å²) in [5, 5.41) is 2.65. The summed E-state index contributed by atoms with van der Waals surface area (Å²) in [6.07, 6.45) is 3.53. The average molecular weight is 517 g/mol. The predicted molar refractivity (Wildman–Crippen MR) is 150 cm³/mol. The van der Waals surface area contributed by atoms with Gasteiger partial charge in [0, 0.05) is 42.7 Å². The molecule has 0 radical (unpaired) electrons. The van der Waals surface area contributed by atoms with Gasteiger partial charge in [0.25, 0.3) is 0 Å². The van der Waals surface area contributed by atoms with Crippen LogP contribution in [0.3, 0.4) is 0 Å². The van der Waals surface area contributed by atoms with E-state index in [2.05, 4.69) is 64.1 Å². The number of aromatic amines is 1. The first-order valence-electron chi connectivity index (χ1n) is 12.7. The third-order valence-corrected chi connectivity index (χ3v) is 6.57. The summed E-state index contributed by atoms with van der Waals surface area (Å²) in [5.74, 6) is 0.319. The molecule has 0 spiro atoms. The Bertz CT molecular complexity index is 1360. The van der Waals surface area contributed by atoms with Crippen molar-refractivity contribution in [3.05, 3.63) is 60.6 Å². The Hall–Kier alpha value is -3.82. The number of carbonyl (C=O) groups is 1. The first-order chi connectivity index (χ1) is 17.9. The number of hydrogen-bond donors (Lipinski definition) is 2. The predicted octanol–water partition coefficient (Wildman–Crippen LogP) is 6.06. The molecule has 0 saturated carbocycles. The summed E-state index contributed by atoms with van der Waals surface area (Å²) >= 11 is 0. The van der Waals surface area contributed by atoms with Gasteiger partial charge >= 0.3 is 6.09 Å². The van der Waals surface area contributed by atoms with Gasteiger partial charge in [-0.1, -0.05) is 19.6 Å². The molecule has 1 saturated heterocycles. The first-order valence-corrected chi connectivity index (χ1v) is 12.7. The fraction of sp³-hybridized carbons (Fsp3) is 0.379. The van der Waals surface area contributed by atoms with E-state index in [0.29, 0.717) is 11.5 Å². The standard InChI is InChI=1S/C28H32N6O3.CH4/c1-5-36-28(35)33-27-31-25-13-21(12-22(26(25)32-27)24-8-6-7-11-29-24)20-9-10-23(30-14-20)19(4)34-15-17(2)37-18(3)16-34;/h6-14,17-19H,5,15-16H2,1-4H3,(H2,31,32,33,35);1H4/t17-,18+,19?;. The first kappa shape index (κ1) is 27.2. The van der Waals surface area contributed by atoms with Crippen molar-refractivity contribution in [1.82, 2.24) is 24.8 Å². The number of fused-ring (bicyclic) bond motifs is 1. The second-order valence-electron chi connectivity index (χ2n) is 9.42. The van der Waals surface area contributed by atoms with Crippen molar-refractivity contribution in [1.29, 1.82) is 0 Å². The number of carbonyl (C=O) groups excluding carboxylic acids is 1. The fourth-order valence-electron chi connectivity index (χ4n) is 4.87. The zero-order valence-electron chi connectivity index (χ0n) is 21.6. The average Bonchev–Trinajstić information content (AvgIpc) is 3.30. The molecule has 200 valence electrons. The van der Waals surface area contributed by atoms with Crippen LogP contribution in [-0.2, 0) is 9.47 Å². The van der Waals surface area contributed by atoms with Gasteiger partial charge in [0.15, 0.2) is 0 Å². The molecule has 9 nitrogen and oxygen atoms in total. The topological polar surface area (TPSA) is 105 Å². The van der Waals surface area contributed by atoms with Gasteiger partial charge in [-0.15, -0.1) is 0 Å². The van der Waals surface area contributed by atoms with Crippen LogP contribution in [0.1, 0.15) is 46.9 Å². The molecule has 3 aromatic heterocycles. The highest BCUT2D eigenvalue weighted by Crippen LogP contribution is 2.33. The van der Waals surface area contributed by atoms with E-state index < -0.39 is 6.09 Å². The van der Waals surface area contributed by atoms with E-state index >= 15 is 0 Å². The molecule has 4 aromatic rings. The Morgan fingerprint density at radius 1 is 1.16 bits per heavy atom. The summed E-state index contributed by atoms with van der Waals surface area (Å²) in [5.41, 5.74) is 6.11. The Kier molecular flexibility index (Phi) is 8.38. The Balaban J connectivity index is 0.00000336. The Morgan fingerprint density at radius 3 is 2.61 bits per heavy atom. The number of morpholine rings is 1. The lowest BCUT2D eigenvalue weighted by molar-refractivity contribution is -0.0793. The number of imidazole rings is 1. The monoisotopic (exact) mass is 516 g/mol. The highest BCUT2D eigenvalue weighted by Gasteiger charge is 2.27. The second kappa shape index (κ2) is 11.7. The number of nitrogens with one attached hydrogen (secondary N) is 2. The van der Waals surface area contributed by atoms with Crippen LogP contribution < -0.4 is 5.32 Å². The number of rotatable bonds is 6. The van der Waals surface area contributed by atoms with E-state index in [-0.39, 0.29) is 32.3 Å². The molecule has 1 unspecified atom stereocenters. The molecule has 1 aliphatic rings. The zero-order chi connectivity index (χ0) is 25.9. The smallest absolute Gasteiger partial charge is 0.413 e. The second-order valence-corrected chi connectivity index (χ2v) is 9.42. The van der Waals surface area contributed by atoms with Gasteiger partial charge < -0.3 is 14.5 Å². The molecule has 4 heterocycles. The maximum absolute atomic E-state index is 11.9. The van der Waals surface area contributed by atoms with E-state index in [4.69, 9.17) is 14.5 Å². The number of anilines is 1. The van der Waals surface area contributed by atoms with Crippen molar-refractivity contribution in [2.45, 2.75) is 53.4 Å². The van der Waals surface area contributed by atoms with Crippen molar-refractivity contribution >= 4 is 23.1 Å². The van der Waals surface area contributed by atoms with Crippen LogP contribution in [-0.4, -0.2) is 62.8 Å². The van der Waals surface area contributed by atoms with Gasteiger partial charge in [0.1, 0.15) is 0 Å². The van der Waals surface area contributed by atoms with Gasteiger partial charge in [-0.2, -0.15) is 0 Å². The lowest BCUT2D eigenvalue weighted by atomic mass is 10.00. The fourth-order valence-corrected chi connectivity index (χ4v) is 4.87. The number of hydrogen-bond acceptors (Lipinski definition) is 7. The molecule has 2 N–H and O–H groups in total. The van der Waals surface area contributed by atoms with Crippen LogP contribution in [0.5, 0.6) is 0 Å². The SMILES string of the molecule is C.CCOC(=O)Nc1nc2c(-c3ccccn3)cc(-c3ccc(C(C)N4C[C@@H](C)O[C@@H](C)C4)nc3)cc2[nH]1. The number of amides is 1. The Labute approximate surface area is 223 Å². The van der Waals surface area contributed by atoms with Gasteiger partial charge in [-0.3, -0.25) is 20.2 Å². The van der Waals surface area contributed by atoms with Gasteiger partial charge in [-0.05, 0) is 63.6 Å². The quantitative estimate of drug-likeness (QED) is 0.321. The third kappa shape index (κ3) is 5.84. The van der Waals surface area contributed by atoms with Crippen LogP contribution in [0.4, 0.5) is 10.7 Å². The molecular formula is C29H36N6O3. The highest BCUT2D eigenvalue weighted by molar-refractivity contribution is 5.97. The molecule has 0 aliphatic carbocycles. The molecule has 1 fully saturated rings. The number of pyridine rings is 2. The summed E-state index contributed by atoms with van der Waals surface area (Å²) in [7, 11) is 0. The summed E-state index contributed by atoms with van der Waals surface area (Å²) in [6.45, 7) is 10.2. The molecular weight excluding hydrogens is 480 g/mol. The largest absolute Gasteiger partial charge is 0.450 e. The minimum absolute atomic E-state index is 0. The Morgan fingerprint density at radius 2 is 1.95 bits per heavy atom. The maximum atomic E-state index is 11.9. The summed E-state index contributed by atoms with van der Waals surface area (Å²) in [6, 6.07) is 14.2. The molecule has 3 atom stereocenters. The van der Waals surface area contributed by atoms with E-state index in [1.165, 1.54) is 0 Å². The van der Waals surface area contributed by atoms with Gasteiger partial charge in [-0.25, -0.2) is 9.78 Å². The van der Waals surface area contributed by atoms with Crippen LogP contribution in [0.25, 0.3) is 33.4 Å². The molecule has 9 heteroatoms. The van der Waals surface area contributed by atoms with Gasteiger partial charge in [0.05, 0.1) is 41.2 Å². The summed E-state index contributed by atoms with van der Waals surface area (Å²) < 4.78 is 10.9. The highest BCUT2D eigenvalue weighted by atomic mass is 16.5. The molecule has 1 amide bonds. The van der Waals surface area contributed by atoms with Crippen molar-refractivity contribution in [3.63, 3.8) is 0 Å². The molecule has 1 aromatic carbocycles. The van der Waals surface area contributed by atoms with Crippen LogP contribution in [0.15, 0.2) is 54.9 Å². The van der Waals surface area contributed by atoms with Crippen molar-refractivity contribution in [3.8, 4) is 22.4 Å². The van der Waals surface area contributed by atoms with Crippen LogP contribution in [0, 0.1) is 0 Å². The third-order valence-electron chi connectivity index (χ3n) is 6.57. The van der Waals surface area contributed by atoms with Crippen molar-refractivity contribution < 1.29 is 14.3 Å². The summed E-state index contributed by atoms with van der Waals surface area (Å²) in [4.78, 5) is 31.5. The molecule has 1 aliphatic heterocycles. The van der Waals surface area contributed by atoms with Gasteiger partial charge in [0.2, 0.25) is 5.95 Å². The number of aromatic nitrogens is 4. The molecule has 5 rings (SSSR count).